The first-order valence-electron chi connectivity index (χ1n) is 7.26. The third kappa shape index (κ3) is 3.21. The maximum absolute atomic E-state index is 5.76. The van der Waals surface area contributed by atoms with E-state index in [1.165, 1.54) is 5.70 Å². The molecule has 1 spiro atoms. The van der Waals surface area contributed by atoms with E-state index in [9.17, 15) is 0 Å². The Morgan fingerprint density at radius 1 is 1.28 bits per heavy atom. The largest absolute Gasteiger partial charge is 0.348 e. The van der Waals surface area contributed by atoms with E-state index in [0.717, 1.165) is 51.7 Å². The SMILES string of the molecule is C/C=C(\N=CCCC)C1CCC2(CC1)OCCO2. The lowest BCUT2D eigenvalue weighted by Gasteiger charge is -2.35. The summed E-state index contributed by atoms with van der Waals surface area (Å²) in [6.07, 6.45) is 10.7. The van der Waals surface area contributed by atoms with E-state index >= 15 is 0 Å². The van der Waals surface area contributed by atoms with Crippen molar-refractivity contribution in [3.8, 4) is 0 Å². The Morgan fingerprint density at radius 3 is 2.50 bits per heavy atom. The van der Waals surface area contributed by atoms with Crippen molar-refractivity contribution >= 4 is 6.21 Å². The van der Waals surface area contributed by atoms with Crippen LogP contribution in [0.1, 0.15) is 52.4 Å². The van der Waals surface area contributed by atoms with Gasteiger partial charge in [-0.2, -0.15) is 0 Å². The van der Waals surface area contributed by atoms with Gasteiger partial charge in [0.05, 0.1) is 13.2 Å². The van der Waals surface area contributed by atoms with Crippen LogP contribution in [0.15, 0.2) is 16.8 Å². The van der Waals surface area contributed by atoms with E-state index in [1.807, 2.05) is 0 Å². The Balaban J connectivity index is 1.87. The minimum atomic E-state index is -0.248. The van der Waals surface area contributed by atoms with Crippen LogP contribution in [-0.4, -0.2) is 25.2 Å². The van der Waals surface area contributed by atoms with Gasteiger partial charge in [0, 0.05) is 30.7 Å². The molecule has 0 atom stereocenters. The molecule has 0 radical (unpaired) electrons. The Labute approximate surface area is 110 Å². The molecule has 102 valence electrons. The minimum Gasteiger partial charge on any atom is -0.348 e. The predicted molar refractivity (Wildman–Crippen MR) is 73.8 cm³/mol. The van der Waals surface area contributed by atoms with Gasteiger partial charge in [0.25, 0.3) is 0 Å². The average molecular weight is 251 g/mol. The third-order valence-electron chi connectivity index (χ3n) is 3.93. The Hall–Kier alpha value is -0.670. The van der Waals surface area contributed by atoms with Crippen LogP contribution in [0.2, 0.25) is 0 Å². The quantitative estimate of drug-likeness (QED) is 0.713. The van der Waals surface area contributed by atoms with Crippen molar-refractivity contribution in [2.24, 2.45) is 10.9 Å². The Morgan fingerprint density at radius 2 is 1.94 bits per heavy atom. The highest BCUT2D eigenvalue weighted by Gasteiger charge is 2.40. The second-order valence-electron chi connectivity index (χ2n) is 5.20. The van der Waals surface area contributed by atoms with Crippen LogP contribution < -0.4 is 0 Å². The van der Waals surface area contributed by atoms with Gasteiger partial charge in [-0.05, 0) is 26.2 Å². The Kier molecular flexibility index (Phi) is 4.95. The van der Waals surface area contributed by atoms with E-state index in [0.29, 0.717) is 5.92 Å². The van der Waals surface area contributed by atoms with Crippen LogP contribution >= 0.6 is 0 Å². The molecule has 0 bridgehead atoms. The van der Waals surface area contributed by atoms with Crippen LogP contribution in [0.5, 0.6) is 0 Å². The number of nitrogens with zero attached hydrogens (tertiary/aromatic N) is 1. The first-order valence-corrected chi connectivity index (χ1v) is 7.26. The molecule has 1 aliphatic heterocycles. The minimum absolute atomic E-state index is 0.248. The number of rotatable bonds is 4. The van der Waals surface area contributed by atoms with Crippen LogP contribution in [0.4, 0.5) is 0 Å². The normalized spacial score (nSPS) is 25.3. The molecule has 0 aromatic rings. The molecule has 1 saturated heterocycles. The van der Waals surface area contributed by atoms with E-state index < -0.39 is 0 Å². The molecule has 0 aromatic heterocycles. The highest BCUT2D eigenvalue weighted by Crippen LogP contribution is 2.40. The summed E-state index contributed by atoms with van der Waals surface area (Å²) in [5.41, 5.74) is 1.25. The molecule has 0 unspecified atom stereocenters. The van der Waals surface area contributed by atoms with Gasteiger partial charge in [0.1, 0.15) is 0 Å². The zero-order valence-electron chi connectivity index (χ0n) is 11.7. The summed E-state index contributed by atoms with van der Waals surface area (Å²) in [5, 5.41) is 0. The number of allylic oxidation sites excluding steroid dienone is 2. The van der Waals surface area contributed by atoms with Crippen molar-refractivity contribution in [1.82, 2.24) is 0 Å². The summed E-state index contributed by atoms with van der Waals surface area (Å²) >= 11 is 0. The summed E-state index contributed by atoms with van der Waals surface area (Å²) in [6.45, 7) is 5.79. The number of hydrogen-bond donors (Lipinski definition) is 0. The number of unbranched alkanes of at least 4 members (excludes halogenated alkanes) is 1. The lowest BCUT2D eigenvalue weighted by atomic mass is 9.83. The van der Waals surface area contributed by atoms with Gasteiger partial charge in [0.15, 0.2) is 5.79 Å². The molecule has 0 amide bonds. The molecule has 3 nitrogen and oxygen atoms in total. The molecule has 0 aromatic carbocycles. The van der Waals surface area contributed by atoms with Gasteiger partial charge >= 0.3 is 0 Å². The lowest BCUT2D eigenvalue weighted by Crippen LogP contribution is -2.35. The molecule has 18 heavy (non-hydrogen) atoms. The van der Waals surface area contributed by atoms with Crippen LogP contribution in [0, 0.1) is 5.92 Å². The number of ether oxygens (including phenoxy) is 2. The molecule has 3 heteroatoms. The Bertz CT molecular complexity index is 306. The van der Waals surface area contributed by atoms with Crippen molar-refractivity contribution in [2.45, 2.75) is 58.2 Å². The van der Waals surface area contributed by atoms with Crippen molar-refractivity contribution < 1.29 is 9.47 Å². The zero-order chi connectivity index (χ0) is 12.8. The van der Waals surface area contributed by atoms with Crippen LogP contribution in [0.3, 0.4) is 0 Å². The highest BCUT2D eigenvalue weighted by atomic mass is 16.7. The lowest BCUT2D eigenvalue weighted by molar-refractivity contribution is -0.180. The fourth-order valence-electron chi connectivity index (χ4n) is 2.85. The zero-order valence-corrected chi connectivity index (χ0v) is 11.7. The van der Waals surface area contributed by atoms with E-state index in [1.54, 1.807) is 0 Å². The first-order chi connectivity index (χ1) is 8.79. The molecule has 2 aliphatic rings. The third-order valence-corrected chi connectivity index (χ3v) is 3.93. The van der Waals surface area contributed by atoms with Crippen molar-refractivity contribution in [3.05, 3.63) is 11.8 Å². The van der Waals surface area contributed by atoms with Crippen molar-refractivity contribution in [3.63, 3.8) is 0 Å². The average Bonchev–Trinajstić information content (AvgIpc) is 2.85. The molecule has 1 heterocycles. The predicted octanol–water partition coefficient (Wildman–Crippen LogP) is 3.69. The molecular formula is C15H25NO2. The smallest absolute Gasteiger partial charge is 0.168 e. The summed E-state index contributed by atoms with van der Waals surface area (Å²) < 4.78 is 11.5. The van der Waals surface area contributed by atoms with E-state index in [-0.39, 0.29) is 5.79 Å². The summed E-state index contributed by atoms with van der Waals surface area (Å²) in [5.74, 6) is 0.337. The first kappa shape index (κ1) is 13.8. The van der Waals surface area contributed by atoms with Gasteiger partial charge in [-0.3, -0.25) is 4.99 Å². The van der Waals surface area contributed by atoms with Gasteiger partial charge in [-0.25, -0.2) is 0 Å². The molecule has 0 N–H and O–H groups in total. The standard InChI is InChI=1S/C15H25NO2/c1-3-5-10-16-14(4-2)13-6-8-15(9-7-13)17-11-12-18-15/h4,10,13H,3,5-9,11-12H2,1-2H3/b14-4-,16-10?. The molecule has 1 saturated carbocycles. The van der Waals surface area contributed by atoms with Crippen LogP contribution in [-0.2, 0) is 9.47 Å². The number of aliphatic imine (C=N–C) groups is 1. The van der Waals surface area contributed by atoms with Gasteiger partial charge in [-0.15, -0.1) is 0 Å². The molecule has 2 rings (SSSR count). The van der Waals surface area contributed by atoms with Crippen molar-refractivity contribution in [1.29, 1.82) is 0 Å². The van der Waals surface area contributed by atoms with E-state index in [2.05, 4.69) is 31.1 Å². The maximum atomic E-state index is 5.76. The van der Waals surface area contributed by atoms with Gasteiger partial charge in [0.2, 0.25) is 0 Å². The summed E-state index contributed by atoms with van der Waals surface area (Å²) in [7, 11) is 0. The molecule has 2 fully saturated rings. The molecule has 1 aliphatic carbocycles. The van der Waals surface area contributed by atoms with Crippen molar-refractivity contribution in [2.75, 3.05) is 13.2 Å². The maximum Gasteiger partial charge on any atom is 0.168 e. The fourth-order valence-corrected chi connectivity index (χ4v) is 2.85. The second-order valence-corrected chi connectivity index (χ2v) is 5.20. The fraction of sp³-hybridized carbons (Fsp3) is 0.800. The highest BCUT2D eigenvalue weighted by molar-refractivity contribution is 5.58. The van der Waals surface area contributed by atoms with Crippen LogP contribution in [0.25, 0.3) is 0 Å². The summed E-state index contributed by atoms with van der Waals surface area (Å²) in [4.78, 5) is 4.63. The van der Waals surface area contributed by atoms with Gasteiger partial charge < -0.3 is 9.47 Å². The molecular weight excluding hydrogens is 226 g/mol. The topological polar surface area (TPSA) is 30.8 Å². The monoisotopic (exact) mass is 251 g/mol. The number of hydrogen-bond acceptors (Lipinski definition) is 3. The summed E-state index contributed by atoms with van der Waals surface area (Å²) in [6, 6.07) is 0. The van der Waals surface area contributed by atoms with Gasteiger partial charge in [-0.1, -0.05) is 19.4 Å². The van der Waals surface area contributed by atoms with E-state index in [4.69, 9.17) is 9.47 Å². The second kappa shape index (κ2) is 6.48.